The number of hydrogen-bond donors (Lipinski definition) is 1. The number of fused-ring (bicyclic) bond motifs is 3. The molecule has 5 rings (SSSR count). The van der Waals surface area contributed by atoms with Crippen LogP contribution in [0.4, 0.5) is 0 Å². The Labute approximate surface area is 237 Å². The van der Waals surface area contributed by atoms with Crippen LogP contribution in [-0.4, -0.2) is 72.1 Å². The van der Waals surface area contributed by atoms with E-state index in [2.05, 4.69) is 24.1 Å². The molecule has 0 spiro atoms. The minimum Gasteiger partial charge on any atom is -0.497 e. The van der Waals surface area contributed by atoms with Gasteiger partial charge >= 0.3 is 0 Å². The van der Waals surface area contributed by atoms with E-state index >= 15 is 0 Å². The Bertz CT molecular complexity index is 1370. The number of carbonyl (C=O) groups is 2. The van der Waals surface area contributed by atoms with Gasteiger partial charge in [-0.2, -0.15) is 0 Å². The van der Waals surface area contributed by atoms with Crippen molar-refractivity contribution < 1.29 is 19.1 Å². The summed E-state index contributed by atoms with van der Waals surface area (Å²) < 4.78 is 12.8. The third kappa shape index (κ3) is 5.55. The van der Waals surface area contributed by atoms with Crippen LogP contribution in [0, 0.1) is 11.8 Å². The lowest BCUT2D eigenvalue weighted by molar-refractivity contribution is -0.133. The third-order valence-electron chi connectivity index (χ3n) is 8.48. The fourth-order valence-corrected chi connectivity index (χ4v) is 6.53. The number of methoxy groups -OCH3 is 2. The number of benzene rings is 2. The highest BCUT2D eigenvalue weighted by Crippen LogP contribution is 2.35. The summed E-state index contributed by atoms with van der Waals surface area (Å²) in [6.07, 6.45) is 2.16. The largest absolute Gasteiger partial charge is 0.497 e. The van der Waals surface area contributed by atoms with Crippen molar-refractivity contribution in [1.82, 2.24) is 19.7 Å². The van der Waals surface area contributed by atoms with Gasteiger partial charge in [-0.1, -0.05) is 26.0 Å². The lowest BCUT2D eigenvalue weighted by Crippen LogP contribution is -2.63. The van der Waals surface area contributed by atoms with Gasteiger partial charge in [0.15, 0.2) is 0 Å². The van der Waals surface area contributed by atoms with E-state index in [-0.39, 0.29) is 11.8 Å². The van der Waals surface area contributed by atoms with E-state index in [1.165, 1.54) is 6.42 Å². The van der Waals surface area contributed by atoms with Gasteiger partial charge in [0.05, 0.1) is 26.3 Å². The molecule has 1 fully saturated rings. The van der Waals surface area contributed by atoms with Gasteiger partial charge in [0.1, 0.15) is 22.7 Å². The highest BCUT2D eigenvalue weighted by Gasteiger charge is 2.47. The number of hydrogen-bond acceptors (Lipinski definition) is 5. The van der Waals surface area contributed by atoms with Crippen molar-refractivity contribution in [3.8, 4) is 11.5 Å². The molecule has 3 atom stereocenters. The van der Waals surface area contributed by atoms with E-state index in [9.17, 15) is 9.59 Å². The van der Waals surface area contributed by atoms with Crippen molar-refractivity contribution in [2.75, 3.05) is 40.4 Å². The Balaban J connectivity index is 1.39. The van der Waals surface area contributed by atoms with Crippen molar-refractivity contribution in [1.29, 1.82) is 0 Å². The first kappa shape index (κ1) is 28.0. The molecule has 3 aromatic rings. The number of carbonyl (C=O) groups excluding carboxylic acids is 2. The zero-order valence-electron chi connectivity index (χ0n) is 24.4. The van der Waals surface area contributed by atoms with Crippen LogP contribution in [0.1, 0.15) is 49.7 Å². The summed E-state index contributed by atoms with van der Waals surface area (Å²) in [6, 6.07) is 15.4. The fourth-order valence-electron chi connectivity index (χ4n) is 6.53. The van der Waals surface area contributed by atoms with E-state index < -0.39 is 5.54 Å². The summed E-state index contributed by atoms with van der Waals surface area (Å²) in [5.74, 6) is 2.54. The quantitative estimate of drug-likeness (QED) is 0.399. The molecule has 1 aromatic heterocycles. The molecule has 2 aliphatic heterocycles. The van der Waals surface area contributed by atoms with Crippen LogP contribution < -0.4 is 14.8 Å². The molecule has 0 bridgehead atoms. The number of amides is 2. The van der Waals surface area contributed by atoms with Crippen molar-refractivity contribution in [2.45, 2.75) is 52.2 Å². The Morgan fingerprint density at radius 3 is 2.48 bits per heavy atom. The van der Waals surface area contributed by atoms with Gasteiger partial charge in [-0.3, -0.25) is 9.59 Å². The average molecular weight is 547 g/mol. The van der Waals surface area contributed by atoms with Crippen LogP contribution in [0.5, 0.6) is 11.5 Å². The minimum atomic E-state index is -1.09. The Hall–Kier alpha value is -3.52. The van der Waals surface area contributed by atoms with Gasteiger partial charge in [-0.25, -0.2) is 0 Å². The molecule has 8 nitrogen and oxygen atoms in total. The summed E-state index contributed by atoms with van der Waals surface area (Å²) in [5, 5.41) is 4.13. The standard InChI is InChI=1S/C32H42N4O4/c1-22-14-23(2)19-34(18-22)13-7-12-33-31(38)32(3)21-35-28-17-27(40-5)11-10-25(28)16-29(35)30(37)36(32)20-24-8-6-9-26(15-24)39-4/h6,8-11,15-17,22-23H,7,12-14,18-21H2,1-5H3,(H,33,38)/t22-,23-,32-/m1/s1. The van der Waals surface area contributed by atoms with Gasteiger partial charge in [-0.05, 0) is 74.0 Å². The molecule has 0 radical (unpaired) electrons. The molecule has 0 aliphatic carbocycles. The molecule has 2 amide bonds. The van der Waals surface area contributed by atoms with Gasteiger partial charge in [-0.15, -0.1) is 0 Å². The first-order valence-corrected chi connectivity index (χ1v) is 14.3. The maximum Gasteiger partial charge on any atom is 0.271 e. The molecule has 8 heteroatoms. The third-order valence-corrected chi connectivity index (χ3v) is 8.48. The molecule has 2 aromatic carbocycles. The summed E-state index contributed by atoms with van der Waals surface area (Å²) in [7, 11) is 3.26. The molecule has 0 saturated carbocycles. The van der Waals surface area contributed by atoms with Gasteiger partial charge in [0, 0.05) is 37.6 Å². The molecule has 3 heterocycles. The van der Waals surface area contributed by atoms with Crippen molar-refractivity contribution in [3.63, 3.8) is 0 Å². The SMILES string of the molecule is COc1cccc(CN2C(=O)c3cc4ccc(OC)cc4n3C[C@]2(C)C(=O)NCCCN2C[C@H](C)C[C@@H](C)C2)c1. The predicted molar refractivity (Wildman–Crippen MR) is 157 cm³/mol. The first-order valence-electron chi connectivity index (χ1n) is 14.3. The number of aromatic nitrogens is 1. The van der Waals surface area contributed by atoms with Gasteiger partial charge in [0.25, 0.3) is 5.91 Å². The lowest BCUT2D eigenvalue weighted by atomic mass is 9.92. The minimum absolute atomic E-state index is 0.139. The highest BCUT2D eigenvalue weighted by molar-refractivity contribution is 6.03. The van der Waals surface area contributed by atoms with Crippen LogP contribution in [0.15, 0.2) is 48.5 Å². The Kier molecular flexibility index (Phi) is 8.08. The Morgan fingerprint density at radius 1 is 1.02 bits per heavy atom. The van der Waals surface area contributed by atoms with Crippen LogP contribution in [0.25, 0.3) is 10.9 Å². The number of nitrogens with one attached hydrogen (secondary N) is 1. The monoisotopic (exact) mass is 546 g/mol. The fraction of sp³-hybridized carbons (Fsp3) is 0.500. The smallest absolute Gasteiger partial charge is 0.271 e. The second-order valence-electron chi connectivity index (χ2n) is 11.9. The summed E-state index contributed by atoms with van der Waals surface area (Å²) in [6.45, 7) is 10.9. The summed E-state index contributed by atoms with van der Waals surface area (Å²) >= 11 is 0. The van der Waals surface area contributed by atoms with Crippen LogP contribution >= 0.6 is 0 Å². The maximum absolute atomic E-state index is 14.1. The molecule has 1 N–H and O–H groups in total. The van der Waals surface area contributed by atoms with Crippen LogP contribution in [0.2, 0.25) is 0 Å². The lowest BCUT2D eigenvalue weighted by Gasteiger charge is -2.44. The van der Waals surface area contributed by atoms with E-state index in [0.29, 0.717) is 42.9 Å². The normalized spacial score (nSPS) is 23.2. The summed E-state index contributed by atoms with van der Waals surface area (Å²) in [4.78, 5) is 32.3. The molecule has 1 saturated heterocycles. The zero-order valence-corrected chi connectivity index (χ0v) is 24.4. The number of ether oxygens (including phenoxy) is 2. The second-order valence-corrected chi connectivity index (χ2v) is 11.9. The van der Waals surface area contributed by atoms with E-state index in [1.54, 1.807) is 19.1 Å². The van der Waals surface area contributed by atoms with Gasteiger partial charge in [0.2, 0.25) is 5.91 Å². The molecular formula is C32H42N4O4. The van der Waals surface area contributed by atoms with E-state index in [0.717, 1.165) is 48.3 Å². The highest BCUT2D eigenvalue weighted by atomic mass is 16.5. The summed E-state index contributed by atoms with van der Waals surface area (Å²) in [5.41, 5.74) is 1.28. The molecule has 0 unspecified atom stereocenters. The zero-order chi connectivity index (χ0) is 28.4. The van der Waals surface area contributed by atoms with E-state index in [4.69, 9.17) is 9.47 Å². The Morgan fingerprint density at radius 2 is 1.75 bits per heavy atom. The topological polar surface area (TPSA) is 76.0 Å². The molecule has 214 valence electrons. The van der Waals surface area contributed by atoms with E-state index in [1.807, 2.05) is 60.0 Å². The van der Waals surface area contributed by atoms with Crippen molar-refractivity contribution in [3.05, 3.63) is 59.8 Å². The molecule has 40 heavy (non-hydrogen) atoms. The number of likely N-dealkylation sites (tertiary alicyclic amines) is 1. The van der Waals surface area contributed by atoms with Crippen molar-refractivity contribution >= 4 is 22.7 Å². The maximum atomic E-state index is 14.1. The van der Waals surface area contributed by atoms with Crippen molar-refractivity contribution in [2.24, 2.45) is 11.8 Å². The number of piperidine rings is 1. The number of nitrogens with zero attached hydrogens (tertiary/aromatic N) is 3. The first-order chi connectivity index (χ1) is 19.2. The predicted octanol–water partition coefficient (Wildman–Crippen LogP) is 4.56. The van der Waals surface area contributed by atoms with Crippen LogP contribution in [0.3, 0.4) is 0 Å². The number of rotatable bonds is 9. The van der Waals surface area contributed by atoms with Gasteiger partial charge < -0.3 is 29.2 Å². The average Bonchev–Trinajstić information content (AvgIpc) is 3.30. The van der Waals surface area contributed by atoms with Crippen LogP contribution in [-0.2, 0) is 17.9 Å². The molecular weight excluding hydrogens is 504 g/mol. The second kappa shape index (κ2) is 11.5. The molecule has 2 aliphatic rings.